The molecule has 1 saturated heterocycles. The fraction of sp³-hybridized carbons (Fsp3) is 0.714. The average molecular weight is 295 g/mol. The number of hydrogen-bond donors (Lipinski definition) is 1. The highest BCUT2D eigenvalue weighted by Gasteiger charge is 2.27. The highest BCUT2D eigenvalue weighted by atomic mass is 32.1. The molecule has 2 fully saturated rings. The number of carboxylic acid groups (broad SMARTS) is 1. The van der Waals surface area contributed by atoms with Gasteiger partial charge in [0.1, 0.15) is 0 Å². The van der Waals surface area contributed by atoms with Crippen LogP contribution in [-0.2, 0) is 11.2 Å². The van der Waals surface area contributed by atoms with Crippen LogP contribution in [0.15, 0.2) is 5.38 Å². The summed E-state index contributed by atoms with van der Waals surface area (Å²) in [7, 11) is 0. The lowest BCUT2D eigenvalue weighted by atomic mass is 10.2. The predicted molar refractivity (Wildman–Crippen MR) is 79.5 cm³/mol. The maximum absolute atomic E-state index is 10.7. The Balaban J connectivity index is 1.54. The number of anilines is 1. The van der Waals surface area contributed by atoms with Crippen LogP contribution in [0.25, 0.3) is 0 Å². The summed E-state index contributed by atoms with van der Waals surface area (Å²) in [5, 5.41) is 11.6. The van der Waals surface area contributed by atoms with Gasteiger partial charge < -0.3 is 10.0 Å². The molecule has 0 amide bonds. The molecule has 1 aliphatic carbocycles. The molecule has 5 nitrogen and oxygen atoms in total. The molecule has 110 valence electrons. The molecule has 20 heavy (non-hydrogen) atoms. The van der Waals surface area contributed by atoms with Crippen LogP contribution >= 0.6 is 11.3 Å². The molecule has 1 aliphatic heterocycles. The fourth-order valence-corrected chi connectivity index (χ4v) is 4.10. The second kappa shape index (κ2) is 6.10. The summed E-state index contributed by atoms with van der Waals surface area (Å²) in [6.07, 6.45) is 5.52. The minimum absolute atomic E-state index is 0.0263. The molecular weight excluding hydrogens is 274 g/mol. The van der Waals surface area contributed by atoms with Crippen molar-refractivity contribution in [3.8, 4) is 0 Å². The Morgan fingerprint density at radius 2 is 2.00 bits per heavy atom. The maximum atomic E-state index is 10.7. The largest absolute Gasteiger partial charge is 0.481 e. The summed E-state index contributed by atoms with van der Waals surface area (Å²) in [6.45, 7) is 4.24. The minimum Gasteiger partial charge on any atom is -0.481 e. The second-order valence-electron chi connectivity index (χ2n) is 5.65. The Morgan fingerprint density at radius 3 is 2.65 bits per heavy atom. The van der Waals surface area contributed by atoms with Crippen LogP contribution in [0, 0.1) is 0 Å². The standard InChI is InChI=1S/C14H21N3O2S/c18-13(19)9-11-10-20-14(15-11)17-7-5-16(6-8-17)12-3-1-2-4-12/h10,12H,1-9H2,(H,18,19). The average Bonchev–Trinajstić information content (AvgIpc) is 3.09. The Labute approximate surface area is 123 Å². The molecule has 0 bridgehead atoms. The van der Waals surface area contributed by atoms with Crippen LogP contribution in [0.5, 0.6) is 0 Å². The van der Waals surface area contributed by atoms with Crippen LogP contribution in [0.2, 0.25) is 0 Å². The molecule has 1 saturated carbocycles. The summed E-state index contributed by atoms with van der Waals surface area (Å²) >= 11 is 1.56. The van der Waals surface area contributed by atoms with Gasteiger partial charge in [-0.15, -0.1) is 11.3 Å². The number of carboxylic acids is 1. The zero-order valence-electron chi connectivity index (χ0n) is 11.6. The molecule has 1 N–H and O–H groups in total. The first-order valence-corrected chi connectivity index (χ1v) is 8.25. The molecule has 1 aromatic rings. The number of nitrogens with zero attached hydrogens (tertiary/aromatic N) is 3. The van der Waals surface area contributed by atoms with E-state index in [9.17, 15) is 4.79 Å². The fourth-order valence-electron chi connectivity index (χ4n) is 3.23. The van der Waals surface area contributed by atoms with Crippen LogP contribution in [-0.4, -0.2) is 53.2 Å². The predicted octanol–water partition coefficient (Wildman–Crippen LogP) is 1.83. The normalized spacial score (nSPS) is 21.5. The highest BCUT2D eigenvalue weighted by molar-refractivity contribution is 7.13. The quantitative estimate of drug-likeness (QED) is 0.918. The van der Waals surface area contributed by atoms with Crippen LogP contribution < -0.4 is 4.90 Å². The molecule has 0 atom stereocenters. The number of aromatic nitrogens is 1. The van der Waals surface area contributed by atoms with Crippen LogP contribution in [0.1, 0.15) is 31.4 Å². The van der Waals surface area contributed by atoms with E-state index in [1.54, 1.807) is 11.3 Å². The van der Waals surface area contributed by atoms with E-state index in [4.69, 9.17) is 5.11 Å². The first-order chi connectivity index (χ1) is 9.72. The number of thiazole rings is 1. The molecule has 0 radical (unpaired) electrons. The molecule has 0 spiro atoms. The Bertz CT molecular complexity index is 463. The number of piperazine rings is 1. The lowest BCUT2D eigenvalue weighted by molar-refractivity contribution is -0.136. The van der Waals surface area contributed by atoms with Gasteiger partial charge >= 0.3 is 5.97 Å². The van der Waals surface area contributed by atoms with Crippen molar-refractivity contribution in [3.05, 3.63) is 11.1 Å². The van der Waals surface area contributed by atoms with E-state index >= 15 is 0 Å². The van der Waals surface area contributed by atoms with E-state index in [2.05, 4.69) is 14.8 Å². The van der Waals surface area contributed by atoms with Gasteiger partial charge in [0.15, 0.2) is 5.13 Å². The number of rotatable bonds is 4. The Hall–Kier alpha value is -1.14. The summed E-state index contributed by atoms with van der Waals surface area (Å²) in [6, 6.07) is 0.802. The van der Waals surface area contributed by atoms with Crippen molar-refractivity contribution in [2.75, 3.05) is 31.1 Å². The Morgan fingerprint density at radius 1 is 1.30 bits per heavy atom. The molecule has 1 aromatic heterocycles. The monoisotopic (exact) mass is 295 g/mol. The van der Waals surface area contributed by atoms with Crippen LogP contribution in [0.4, 0.5) is 5.13 Å². The summed E-state index contributed by atoms with van der Waals surface area (Å²) in [5.41, 5.74) is 0.677. The van der Waals surface area contributed by atoms with Gasteiger partial charge in [-0.1, -0.05) is 12.8 Å². The van der Waals surface area contributed by atoms with E-state index in [-0.39, 0.29) is 6.42 Å². The van der Waals surface area contributed by atoms with Crippen molar-refractivity contribution >= 4 is 22.4 Å². The van der Waals surface area contributed by atoms with Gasteiger partial charge in [0.05, 0.1) is 12.1 Å². The molecular formula is C14H21N3O2S. The third-order valence-electron chi connectivity index (χ3n) is 4.30. The number of carbonyl (C=O) groups is 1. The zero-order chi connectivity index (χ0) is 13.9. The molecule has 2 aliphatic rings. The summed E-state index contributed by atoms with van der Waals surface area (Å²) in [4.78, 5) is 20.0. The van der Waals surface area contributed by atoms with Crippen molar-refractivity contribution in [2.24, 2.45) is 0 Å². The van der Waals surface area contributed by atoms with Crippen molar-refractivity contribution in [2.45, 2.75) is 38.1 Å². The lowest BCUT2D eigenvalue weighted by Crippen LogP contribution is -2.49. The van der Waals surface area contributed by atoms with Gasteiger partial charge in [0.2, 0.25) is 0 Å². The lowest BCUT2D eigenvalue weighted by Gasteiger charge is -2.37. The van der Waals surface area contributed by atoms with Gasteiger partial charge in [0.25, 0.3) is 0 Å². The number of aliphatic carboxylic acids is 1. The number of hydrogen-bond acceptors (Lipinski definition) is 5. The van der Waals surface area contributed by atoms with Crippen LogP contribution in [0.3, 0.4) is 0 Å². The van der Waals surface area contributed by atoms with Gasteiger partial charge in [-0.25, -0.2) is 4.98 Å². The van der Waals surface area contributed by atoms with Gasteiger partial charge in [-0.05, 0) is 12.8 Å². The van der Waals surface area contributed by atoms with Gasteiger partial charge in [-0.2, -0.15) is 0 Å². The molecule has 6 heteroatoms. The van der Waals surface area contributed by atoms with Gasteiger partial charge in [0, 0.05) is 37.6 Å². The zero-order valence-corrected chi connectivity index (χ0v) is 12.4. The molecule has 2 heterocycles. The third-order valence-corrected chi connectivity index (χ3v) is 5.25. The van der Waals surface area contributed by atoms with Crippen molar-refractivity contribution in [3.63, 3.8) is 0 Å². The first kappa shape index (κ1) is 13.8. The Kier molecular flexibility index (Phi) is 4.21. The summed E-state index contributed by atoms with van der Waals surface area (Å²) in [5.74, 6) is -0.812. The molecule has 0 unspecified atom stereocenters. The van der Waals surface area contributed by atoms with E-state index in [0.717, 1.165) is 37.4 Å². The maximum Gasteiger partial charge on any atom is 0.309 e. The van der Waals surface area contributed by atoms with E-state index < -0.39 is 5.97 Å². The third kappa shape index (κ3) is 3.12. The van der Waals surface area contributed by atoms with E-state index in [1.807, 2.05) is 5.38 Å². The molecule has 0 aromatic carbocycles. The van der Waals surface area contributed by atoms with Gasteiger partial charge in [-0.3, -0.25) is 9.69 Å². The topological polar surface area (TPSA) is 56.7 Å². The first-order valence-electron chi connectivity index (χ1n) is 7.37. The van der Waals surface area contributed by atoms with E-state index in [1.165, 1.54) is 25.7 Å². The molecule has 3 rings (SSSR count). The highest BCUT2D eigenvalue weighted by Crippen LogP contribution is 2.27. The smallest absolute Gasteiger partial charge is 0.309 e. The minimum atomic E-state index is -0.812. The summed E-state index contributed by atoms with van der Waals surface area (Å²) < 4.78 is 0. The second-order valence-corrected chi connectivity index (χ2v) is 6.49. The van der Waals surface area contributed by atoms with Crippen molar-refractivity contribution in [1.29, 1.82) is 0 Å². The van der Waals surface area contributed by atoms with Crippen molar-refractivity contribution < 1.29 is 9.90 Å². The van der Waals surface area contributed by atoms with E-state index in [0.29, 0.717) is 5.69 Å². The SMILES string of the molecule is O=C(O)Cc1csc(N2CCN(C3CCCC3)CC2)n1. The van der Waals surface area contributed by atoms with Crippen molar-refractivity contribution in [1.82, 2.24) is 9.88 Å².